The number of Topliss-reactive ketones (excluding diaryl/α,β-unsaturated/α-hetero) is 1. The Bertz CT molecular complexity index is 2980. The molecule has 524 valence electrons. The maximum Gasteiger partial charge on any atom is 0.407 e. The summed E-state index contributed by atoms with van der Waals surface area (Å²) >= 11 is 0. The van der Waals surface area contributed by atoms with Crippen LogP contribution >= 0.6 is 0 Å². The highest BCUT2D eigenvalue weighted by Crippen LogP contribution is 2.61. The van der Waals surface area contributed by atoms with Crippen molar-refractivity contribution in [2.75, 3.05) is 7.11 Å². The standard InChI is InChI=1S/C70H102N2O22/c1-32-15-21-50(89-57-31-68(12,71)63(41(10)87-57)72-67(81)82-14)33(2)26-46-48(76)27-43(17-16-36(5)73)30-70(46)65(79)58(66(80)94-70)64(78)69(13)45(32)19-18-44-59(69)34(3)25-35(4)60(44)93-56-29-52(62(40(9)86-56)88-42(11)74)91-53-24-22-51(38(7)84-53)90-55-28-49(77)61(39(8)85-55)92-54-23-20-47(75)37(6)83-54/h15-19,26-27,34-35,37-41,44-57,59-63,75-78H,20-25,28-31,71H2,1-14H3,(H,72,81)/b17-16+,32-15+,33-26+,64-58?/t34-,35-,37-,38-,39-,40-,41+,44-,45-,46+,47+,48-,49+,50-,51+,52+,53-,54-,55+,56-,57-,59+,60-,61-,62-,63-,68-,69+,70-/m0/s1. The lowest BCUT2D eigenvalue weighted by atomic mass is 9.49. The molecule has 6 heterocycles. The van der Waals surface area contributed by atoms with Gasteiger partial charge in [0.15, 0.2) is 48.9 Å². The lowest BCUT2D eigenvalue weighted by molar-refractivity contribution is -0.331. The van der Waals surface area contributed by atoms with Crippen LogP contribution in [0.2, 0.25) is 0 Å². The van der Waals surface area contributed by atoms with Crippen molar-refractivity contribution in [1.29, 1.82) is 0 Å². The SMILES string of the molecule is COC(=O)N[C@H]1[C@@H](C)O[C@@H](O[C@H]2C/C=C(\C)[C@@H]3C=C[C@@H]4[C@@H](O[C@H]5C[C@@H](O[C@H]6CC[C@@H](O[C@@H]7C[C@@H](O)[C@@H](O[C@H]8CC[C@@H](O)[C@H](C)O8)[C@H](C)O7)[C@H](C)O6)[C@@H](OC(C)=O)[C@H](C)O5)[C@@H](C)C[C@H](C)[C@H]4[C@]3(C)C(O)=C3C(=O)O[C@]4(CC(/C=C/C(C)=O)=C[C@H](O)[C@H]4/C=C/2C)C3=O)C[C@]1(C)N. The summed E-state index contributed by atoms with van der Waals surface area (Å²) in [6, 6.07) is -0.638. The molecule has 10 rings (SSSR count). The molecule has 1 amide bonds. The van der Waals surface area contributed by atoms with Gasteiger partial charge in [0.05, 0.1) is 86.2 Å². The van der Waals surface area contributed by atoms with Crippen molar-refractivity contribution >= 4 is 29.6 Å². The molecule has 2 bridgehead atoms. The number of hydrogen-bond acceptors (Lipinski definition) is 23. The van der Waals surface area contributed by atoms with Crippen LogP contribution in [0.4, 0.5) is 4.79 Å². The number of aliphatic hydroxyl groups excluding tert-OH is 4. The van der Waals surface area contributed by atoms with E-state index >= 15 is 4.79 Å². The summed E-state index contributed by atoms with van der Waals surface area (Å²) in [6.07, 6.45) is 1.12. The summed E-state index contributed by atoms with van der Waals surface area (Å²) in [5.41, 5.74) is 3.67. The van der Waals surface area contributed by atoms with Crippen LogP contribution < -0.4 is 11.1 Å². The molecular weight excluding hydrogens is 1220 g/mol. The number of ketones is 2. The molecule has 0 radical (unpaired) electrons. The molecule has 0 aromatic rings. The Labute approximate surface area is 551 Å². The normalized spacial score (nSPS) is 47.1. The minimum absolute atomic E-state index is 0.0933. The number of ether oxygens (including phenoxy) is 13. The van der Waals surface area contributed by atoms with Crippen LogP contribution in [0.1, 0.15) is 154 Å². The van der Waals surface area contributed by atoms with Gasteiger partial charge in [-0.2, -0.15) is 0 Å². The molecule has 0 unspecified atom stereocenters. The van der Waals surface area contributed by atoms with Gasteiger partial charge in [-0.15, -0.1) is 0 Å². The first-order chi connectivity index (χ1) is 44.3. The maximum absolute atomic E-state index is 15.8. The Balaban J connectivity index is 0.911. The lowest BCUT2D eigenvalue weighted by Gasteiger charge is -2.56. The van der Waals surface area contributed by atoms with Gasteiger partial charge in [0, 0.05) is 68.2 Å². The van der Waals surface area contributed by atoms with Gasteiger partial charge >= 0.3 is 18.0 Å². The van der Waals surface area contributed by atoms with Crippen LogP contribution in [-0.4, -0.2) is 191 Å². The van der Waals surface area contributed by atoms with Crippen LogP contribution in [0.25, 0.3) is 0 Å². The molecule has 10 aliphatic rings. The van der Waals surface area contributed by atoms with E-state index in [2.05, 4.69) is 25.2 Å². The Morgan fingerprint density at radius 2 is 1.33 bits per heavy atom. The number of nitrogens with two attached hydrogens (primary N) is 1. The average Bonchev–Trinajstić information content (AvgIpc) is 1.31. The van der Waals surface area contributed by atoms with Gasteiger partial charge in [-0.1, -0.05) is 62.8 Å². The van der Waals surface area contributed by atoms with Crippen LogP contribution in [0, 0.1) is 40.9 Å². The van der Waals surface area contributed by atoms with Crippen molar-refractivity contribution < 1.29 is 106 Å². The highest BCUT2D eigenvalue weighted by atomic mass is 16.8. The van der Waals surface area contributed by atoms with E-state index in [0.717, 1.165) is 5.57 Å². The highest BCUT2D eigenvalue weighted by Gasteiger charge is 2.65. The summed E-state index contributed by atoms with van der Waals surface area (Å²) in [5, 5.41) is 49.8. The third-order valence-electron chi connectivity index (χ3n) is 21.7. The van der Waals surface area contributed by atoms with Gasteiger partial charge in [0.2, 0.25) is 5.78 Å². The van der Waals surface area contributed by atoms with Crippen LogP contribution in [0.5, 0.6) is 0 Å². The summed E-state index contributed by atoms with van der Waals surface area (Å²) in [4.78, 5) is 68.2. The third-order valence-corrected chi connectivity index (χ3v) is 21.7. The van der Waals surface area contributed by atoms with E-state index < -0.39 is 198 Å². The largest absolute Gasteiger partial charge is 0.511 e. The van der Waals surface area contributed by atoms with Crippen molar-refractivity contribution in [1.82, 2.24) is 5.32 Å². The molecule has 6 saturated heterocycles. The zero-order valence-electron chi connectivity index (χ0n) is 56.8. The van der Waals surface area contributed by atoms with Gasteiger partial charge < -0.3 is 93.1 Å². The Morgan fingerprint density at radius 3 is 1.99 bits per heavy atom. The second-order valence-corrected chi connectivity index (χ2v) is 28.9. The number of hydrogen-bond donors (Lipinski definition) is 6. The molecule has 7 fully saturated rings. The van der Waals surface area contributed by atoms with Crippen molar-refractivity contribution in [3.8, 4) is 0 Å². The van der Waals surface area contributed by atoms with E-state index in [9.17, 15) is 39.6 Å². The molecule has 24 nitrogen and oxygen atoms in total. The van der Waals surface area contributed by atoms with E-state index in [0.29, 0.717) is 43.3 Å². The van der Waals surface area contributed by atoms with Gasteiger partial charge in [-0.3, -0.25) is 14.4 Å². The fourth-order valence-electron chi connectivity index (χ4n) is 17.0. The van der Waals surface area contributed by atoms with E-state index in [-0.39, 0.29) is 49.7 Å². The van der Waals surface area contributed by atoms with Gasteiger partial charge in [0.25, 0.3) is 0 Å². The van der Waals surface area contributed by atoms with E-state index in [4.69, 9.17) is 67.3 Å². The molecule has 0 aromatic carbocycles. The van der Waals surface area contributed by atoms with Crippen LogP contribution in [0.3, 0.4) is 0 Å². The zero-order chi connectivity index (χ0) is 68.2. The first-order valence-corrected chi connectivity index (χ1v) is 33.9. The van der Waals surface area contributed by atoms with Crippen LogP contribution in [-0.2, 0) is 80.8 Å². The lowest BCUT2D eigenvalue weighted by Crippen LogP contribution is -2.66. The average molecular weight is 1320 g/mol. The number of rotatable bonds is 14. The Hall–Kier alpha value is -4.77. The molecule has 29 atom stereocenters. The quantitative estimate of drug-likeness (QED) is 0.0335. The van der Waals surface area contributed by atoms with E-state index in [1.54, 1.807) is 33.8 Å². The van der Waals surface area contributed by atoms with Crippen molar-refractivity contribution in [2.45, 2.75) is 288 Å². The predicted octanol–water partition coefficient (Wildman–Crippen LogP) is 6.99. The van der Waals surface area contributed by atoms with E-state index in [1.807, 2.05) is 46.8 Å². The molecular formula is C70H102N2O22. The topological polar surface area (TPSA) is 324 Å². The molecule has 4 aliphatic carbocycles. The van der Waals surface area contributed by atoms with E-state index in [1.165, 1.54) is 39.2 Å². The molecule has 94 heavy (non-hydrogen) atoms. The second kappa shape index (κ2) is 29.0. The monoisotopic (exact) mass is 1320 g/mol. The number of allylic oxidation sites excluding steroid dienone is 5. The van der Waals surface area contributed by atoms with Crippen LogP contribution in [0.15, 0.2) is 70.6 Å². The number of aliphatic hydroxyl groups is 4. The number of methoxy groups -OCH3 is 1. The van der Waals surface area contributed by atoms with Gasteiger partial charge in [0.1, 0.15) is 23.5 Å². The molecule has 7 N–H and O–H groups in total. The number of carbonyl (C=O) groups is 5. The number of carbonyl (C=O) groups excluding carboxylic acids is 5. The van der Waals surface area contributed by atoms with Gasteiger partial charge in [-0.05, 0) is 123 Å². The van der Waals surface area contributed by atoms with Crippen molar-refractivity contribution in [2.24, 2.45) is 46.7 Å². The minimum atomic E-state index is -2.07. The zero-order valence-corrected chi connectivity index (χ0v) is 56.8. The predicted molar refractivity (Wildman–Crippen MR) is 336 cm³/mol. The number of nitrogens with one attached hydrogen (secondary N) is 1. The molecule has 6 aliphatic heterocycles. The van der Waals surface area contributed by atoms with Crippen molar-refractivity contribution in [3.05, 3.63) is 70.6 Å². The first-order valence-electron chi connectivity index (χ1n) is 33.9. The minimum Gasteiger partial charge on any atom is -0.511 e. The van der Waals surface area contributed by atoms with Crippen molar-refractivity contribution in [3.63, 3.8) is 0 Å². The summed E-state index contributed by atoms with van der Waals surface area (Å²) in [6.45, 7) is 23.4. The number of amides is 1. The Morgan fingerprint density at radius 1 is 0.691 bits per heavy atom. The Kier molecular flexibility index (Phi) is 22.2. The maximum atomic E-state index is 15.8. The molecule has 24 heteroatoms. The molecule has 0 aromatic heterocycles. The third kappa shape index (κ3) is 14.8. The summed E-state index contributed by atoms with van der Waals surface area (Å²) in [5.74, 6) is -6.08. The summed E-state index contributed by atoms with van der Waals surface area (Å²) in [7, 11) is 1.27. The number of fused-ring (bicyclic) bond motifs is 4. The molecule has 1 spiro atoms. The fourth-order valence-corrected chi connectivity index (χ4v) is 17.0. The smallest absolute Gasteiger partial charge is 0.407 e. The molecule has 1 saturated carbocycles. The second-order valence-electron chi connectivity index (χ2n) is 28.9. The fraction of sp³-hybridized carbons (Fsp3) is 0.757. The number of alkyl carbamates (subject to hydrolysis) is 1. The first kappa shape index (κ1) is 72.0. The van der Waals surface area contributed by atoms with Gasteiger partial charge in [-0.25, -0.2) is 9.59 Å². The summed E-state index contributed by atoms with van der Waals surface area (Å²) < 4.78 is 82.3. The number of esters is 2. The highest BCUT2D eigenvalue weighted by molar-refractivity contribution is 6.26.